The van der Waals surface area contributed by atoms with Gasteiger partial charge in [0.25, 0.3) is 17.7 Å². The van der Waals surface area contributed by atoms with E-state index in [0.717, 1.165) is 54.3 Å². The average molecular weight is 707 g/mol. The maximum Gasteiger partial charge on any atom is 0.264 e. The number of fused-ring (bicyclic) bond motifs is 2. The number of piperidine rings is 1. The number of hydrogen-bond donors (Lipinski definition) is 3. The molecule has 4 heterocycles. The van der Waals surface area contributed by atoms with Crippen molar-refractivity contribution in [3.63, 3.8) is 0 Å². The van der Waals surface area contributed by atoms with Gasteiger partial charge in [-0.15, -0.1) is 0 Å². The van der Waals surface area contributed by atoms with E-state index in [-0.39, 0.29) is 59.6 Å². The van der Waals surface area contributed by atoms with Crippen LogP contribution in [-0.2, 0) is 34.0 Å². The molecule has 0 radical (unpaired) electrons. The molecular weight excluding hydrogens is 664 g/mol. The maximum atomic E-state index is 13.3. The third-order valence-electron chi connectivity index (χ3n) is 10.4. The number of amides is 6. The molecule has 3 N–H and O–H groups in total. The van der Waals surface area contributed by atoms with Crippen LogP contribution < -0.4 is 10.6 Å². The van der Waals surface area contributed by atoms with Gasteiger partial charge < -0.3 is 20.2 Å². The van der Waals surface area contributed by atoms with Gasteiger partial charge in [-0.2, -0.15) is 0 Å². The number of nitrogens with zero attached hydrogens (tertiary/aromatic N) is 4. The van der Waals surface area contributed by atoms with E-state index < -0.39 is 29.7 Å². The molecule has 2 fully saturated rings. The Morgan fingerprint density at radius 1 is 0.904 bits per heavy atom. The van der Waals surface area contributed by atoms with E-state index in [9.17, 15) is 33.9 Å². The Kier molecular flexibility index (Phi) is 9.64. The van der Waals surface area contributed by atoms with Crippen molar-refractivity contribution in [2.45, 2.75) is 64.7 Å². The fraction of sp³-hybridized carbons (Fsp3) is 0.385. The molecule has 4 aliphatic rings. The van der Waals surface area contributed by atoms with E-state index in [1.165, 1.54) is 11.6 Å². The first-order valence-corrected chi connectivity index (χ1v) is 17.8. The smallest absolute Gasteiger partial charge is 0.264 e. The highest BCUT2D eigenvalue weighted by Crippen LogP contribution is 2.33. The Labute approximate surface area is 301 Å². The van der Waals surface area contributed by atoms with E-state index in [1.807, 2.05) is 18.7 Å². The second-order valence-electron chi connectivity index (χ2n) is 14.3. The predicted octanol–water partition coefficient (Wildman–Crippen LogP) is 3.22. The van der Waals surface area contributed by atoms with Crippen LogP contribution >= 0.6 is 0 Å². The molecule has 270 valence electrons. The summed E-state index contributed by atoms with van der Waals surface area (Å²) in [4.78, 5) is 84.2. The van der Waals surface area contributed by atoms with E-state index in [4.69, 9.17) is 0 Å². The van der Waals surface area contributed by atoms with Crippen LogP contribution in [0.5, 0.6) is 5.75 Å². The quantitative estimate of drug-likeness (QED) is 0.284. The Hall–Kier alpha value is -5.40. The van der Waals surface area contributed by atoms with Crippen molar-refractivity contribution in [2.75, 3.05) is 38.0 Å². The number of aromatic hydroxyl groups is 1. The molecule has 0 spiro atoms. The molecule has 52 heavy (non-hydrogen) atoms. The highest BCUT2D eigenvalue weighted by Gasteiger charge is 2.45. The SMILES string of the molecule is CC(C)c1cc(C(=O)N2Cc3ccc(CN4CCN(CCC(=O)Nc5cccc6c5C(=O)N(C5CCC(=O)NC5=O)C6=O)CC4)cc3C2)ccc1O. The summed E-state index contributed by atoms with van der Waals surface area (Å²) in [7, 11) is 0. The first-order valence-electron chi connectivity index (χ1n) is 17.8. The van der Waals surface area contributed by atoms with Crippen molar-refractivity contribution in [1.29, 1.82) is 0 Å². The van der Waals surface area contributed by atoms with Gasteiger partial charge in [-0.1, -0.05) is 38.1 Å². The normalized spacial score (nSPS) is 19.2. The minimum absolute atomic E-state index is 0.0287. The third kappa shape index (κ3) is 6.93. The van der Waals surface area contributed by atoms with Gasteiger partial charge in [-0.3, -0.25) is 43.9 Å². The van der Waals surface area contributed by atoms with Crippen LogP contribution in [0.1, 0.15) is 92.4 Å². The number of hydrogen-bond acceptors (Lipinski definition) is 9. The number of phenolic OH excluding ortho intramolecular Hbond substituents is 1. The zero-order valence-corrected chi connectivity index (χ0v) is 29.3. The molecule has 7 rings (SSSR count). The fourth-order valence-corrected chi connectivity index (χ4v) is 7.54. The molecule has 13 heteroatoms. The van der Waals surface area contributed by atoms with Crippen LogP contribution in [-0.4, -0.2) is 98.9 Å². The van der Waals surface area contributed by atoms with E-state index in [1.54, 1.807) is 30.3 Å². The first-order chi connectivity index (χ1) is 25.0. The zero-order valence-electron chi connectivity index (χ0n) is 29.3. The van der Waals surface area contributed by atoms with Crippen molar-refractivity contribution >= 4 is 41.1 Å². The van der Waals surface area contributed by atoms with Crippen molar-refractivity contribution in [3.8, 4) is 5.75 Å². The molecular formula is C39H42N6O7. The number of carbonyl (C=O) groups is 6. The van der Waals surface area contributed by atoms with Gasteiger partial charge in [0, 0.05) is 70.8 Å². The molecule has 0 aliphatic carbocycles. The minimum Gasteiger partial charge on any atom is -0.508 e. The van der Waals surface area contributed by atoms with Gasteiger partial charge >= 0.3 is 0 Å². The summed E-state index contributed by atoms with van der Waals surface area (Å²) in [6.07, 6.45) is 0.286. The van der Waals surface area contributed by atoms with Gasteiger partial charge in [0.05, 0.1) is 16.8 Å². The van der Waals surface area contributed by atoms with Crippen LogP contribution in [0, 0.1) is 0 Å². The Morgan fingerprint density at radius 3 is 2.40 bits per heavy atom. The monoisotopic (exact) mass is 706 g/mol. The number of phenols is 1. The van der Waals surface area contributed by atoms with Crippen LogP contribution in [0.25, 0.3) is 0 Å². The Morgan fingerprint density at radius 2 is 1.65 bits per heavy atom. The molecule has 4 aliphatic heterocycles. The van der Waals surface area contributed by atoms with E-state index in [0.29, 0.717) is 25.2 Å². The molecule has 0 saturated carbocycles. The zero-order chi connectivity index (χ0) is 36.7. The Bertz CT molecular complexity index is 1990. The number of carbonyl (C=O) groups excluding carboxylic acids is 6. The number of nitrogens with one attached hydrogen (secondary N) is 2. The minimum atomic E-state index is -1.08. The average Bonchev–Trinajstić information content (AvgIpc) is 3.66. The van der Waals surface area contributed by atoms with Crippen molar-refractivity contribution in [3.05, 3.63) is 93.5 Å². The van der Waals surface area contributed by atoms with Crippen molar-refractivity contribution in [1.82, 2.24) is 24.9 Å². The first kappa shape index (κ1) is 35.0. The number of rotatable bonds is 9. The molecule has 0 bridgehead atoms. The molecule has 2 saturated heterocycles. The number of anilines is 1. The highest BCUT2D eigenvalue weighted by molar-refractivity contribution is 6.26. The van der Waals surface area contributed by atoms with E-state index >= 15 is 0 Å². The number of piperazine rings is 1. The molecule has 3 aromatic carbocycles. The maximum absolute atomic E-state index is 13.3. The second-order valence-corrected chi connectivity index (χ2v) is 14.3. The predicted molar refractivity (Wildman–Crippen MR) is 190 cm³/mol. The largest absolute Gasteiger partial charge is 0.508 e. The van der Waals surface area contributed by atoms with Gasteiger partial charge in [0.2, 0.25) is 17.7 Å². The summed E-state index contributed by atoms with van der Waals surface area (Å²) < 4.78 is 0. The lowest BCUT2D eigenvalue weighted by Crippen LogP contribution is -2.54. The summed E-state index contributed by atoms with van der Waals surface area (Å²) in [6.45, 7) is 9.66. The fourth-order valence-electron chi connectivity index (χ4n) is 7.54. The van der Waals surface area contributed by atoms with Gasteiger partial charge in [-0.05, 0) is 64.9 Å². The second kappa shape index (κ2) is 14.3. The van der Waals surface area contributed by atoms with Crippen LogP contribution in [0.4, 0.5) is 5.69 Å². The van der Waals surface area contributed by atoms with Gasteiger partial charge in [0.1, 0.15) is 11.8 Å². The summed E-state index contributed by atoms with van der Waals surface area (Å²) >= 11 is 0. The lowest BCUT2D eigenvalue weighted by Gasteiger charge is -2.34. The molecule has 1 atom stereocenters. The Balaban J connectivity index is 0.883. The lowest BCUT2D eigenvalue weighted by molar-refractivity contribution is -0.136. The summed E-state index contributed by atoms with van der Waals surface area (Å²) in [6, 6.07) is 15.1. The third-order valence-corrected chi connectivity index (χ3v) is 10.4. The van der Waals surface area contributed by atoms with Crippen molar-refractivity contribution < 1.29 is 33.9 Å². The lowest BCUT2D eigenvalue weighted by atomic mass is 9.99. The van der Waals surface area contributed by atoms with Crippen molar-refractivity contribution in [2.24, 2.45) is 0 Å². The molecule has 0 aromatic heterocycles. The summed E-state index contributed by atoms with van der Waals surface area (Å²) in [5, 5.41) is 15.2. The van der Waals surface area contributed by atoms with Gasteiger partial charge in [0.15, 0.2) is 0 Å². The molecule has 1 unspecified atom stereocenters. The summed E-state index contributed by atoms with van der Waals surface area (Å²) in [5.74, 6) is -2.42. The van der Waals surface area contributed by atoms with Gasteiger partial charge in [-0.25, -0.2) is 0 Å². The molecule has 3 aromatic rings. The standard InChI is InChI=1S/C39H42N6O7/c1-23(2)29-19-25(8-10-32(29)46)37(50)44-21-26-7-6-24(18-27(26)22-44)20-43-16-14-42(15-17-43)13-12-34(48)40-30-5-3-4-28-35(30)39(52)45(38(28)51)31-9-11-33(47)41-36(31)49/h3-8,10,18-19,23,31,46H,9,11-17,20-22H2,1-2H3,(H,40,48)(H,41,47,49). The van der Waals surface area contributed by atoms with Crippen LogP contribution in [0.3, 0.4) is 0 Å². The highest BCUT2D eigenvalue weighted by atomic mass is 16.3. The summed E-state index contributed by atoms with van der Waals surface area (Å²) in [5.41, 5.74) is 5.23. The van der Waals surface area contributed by atoms with Crippen LogP contribution in [0.2, 0.25) is 0 Å². The molecule has 13 nitrogen and oxygen atoms in total. The topological polar surface area (TPSA) is 160 Å². The number of imide groups is 2. The number of benzene rings is 3. The van der Waals surface area contributed by atoms with Crippen LogP contribution in [0.15, 0.2) is 54.6 Å². The molecule has 6 amide bonds. The van der Waals surface area contributed by atoms with E-state index in [2.05, 4.69) is 38.6 Å².